The van der Waals surface area contributed by atoms with Crippen molar-refractivity contribution in [3.8, 4) is 0 Å². The Labute approximate surface area is 225 Å². The molecule has 2 aliphatic rings. The van der Waals surface area contributed by atoms with Gasteiger partial charge >= 0.3 is 0 Å². The van der Waals surface area contributed by atoms with Crippen molar-refractivity contribution in [2.45, 2.75) is 57.8 Å². The molecule has 0 spiro atoms. The van der Waals surface area contributed by atoms with Crippen LogP contribution in [0.3, 0.4) is 0 Å². The van der Waals surface area contributed by atoms with Gasteiger partial charge in [-0.1, -0.05) is 11.6 Å². The van der Waals surface area contributed by atoms with Crippen LogP contribution in [0.2, 0.25) is 5.02 Å². The first-order valence-corrected chi connectivity index (χ1v) is 13.5. The third-order valence-corrected chi connectivity index (χ3v) is 7.88. The first-order valence-electron chi connectivity index (χ1n) is 13.2. The Kier molecular flexibility index (Phi) is 6.84. The van der Waals surface area contributed by atoms with Crippen molar-refractivity contribution >= 4 is 28.3 Å². The normalized spacial score (nSPS) is 17.9. The molecule has 1 atom stereocenters. The molecule has 4 heterocycles. The summed E-state index contributed by atoms with van der Waals surface area (Å²) in [7, 11) is 0. The van der Waals surface area contributed by atoms with Gasteiger partial charge in [-0.05, 0) is 62.4 Å². The van der Waals surface area contributed by atoms with Crippen LogP contribution in [0.15, 0.2) is 60.0 Å². The summed E-state index contributed by atoms with van der Waals surface area (Å²) < 4.78 is 16.6. The Morgan fingerprint density at radius 3 is 2.74 bits per heavy atom. The van der Waals surface area contributed by atoms with Gasteiger partial charge in [-0.25, -0.2) is 9.37 Å². The molecule has 1 aromatic carbocycles. The molecule has 9 heteroatoms. The van der Waals surface area contributed by atoms with Crippen LogP contribution in [0.5, 0.6) is 0 Å². The highest BCUT2D eigenvalue weighted by molar-refractivity contribution is 6.31. The van der Waals surface area contributed by atoms with Gasteiger partial charge in [-0.3, -0.25) is 19.7 Å². The number of hydrogen-bond acceptors (Lipinski definition) is 6. The van der Waals surface area contributed by atoms with Crippen molar-refractivity contribution < 1.29 is 4.39 Å². The molecule has 1 aliphatic heterocycles. The first-order chi connectivity index (χ1) is 18.5. The van der Waals surface area contributed by atoms with Gasteiger partial charge in [-0.15, -0.1) is 0 Å². The van der Waals surface area contributed by atoms with Crippen molar-refractivity contribution in [1.29, 1.82) is 0 Å². The maximum absolute atomic E-state index is 14.5. The quantitative estimate of drug-likeness (QED) is 0.322. The van der Waals surface area contributed by atoms with E-state index < -0.39 is 5.82 Å². The van der Waals surface area contributed by atoms with Crippen LogP contribution in [-0.2, 0) is 13.1 Å². The molecule has 0 radical (unpaired) electrons. The van der Waals surface area contributed by atoms with Gasteiger partial charge in [-0.2, -0.15) is 0 Å². The zero-order valence-corrected chi connectivity index (χ0v) is 22.1. The number of fused-ring (bicyclic) bond motifs is 1. The average molecular weight is 533 g/mol. The van der Waals surface area contributed by atoms with Gasteiger partial charge in [0, 0.05) is 79.7 Å². The number of hydrogen-bond donors (Lipinski definition) is 0. The fourth-order valence-electron chi connectivity index (χ4n) is 5.55. The lowest BCUT2D eigenvalue weighted by molar-refractivity contribution is 0.158. The van der Waals surface area contributed by atoms with Crippen molar-refractivity contribution in [3.63, 3.8) is 0 Å². The predicted octanol–water partition coefficient (Wildman–Crippen LogP) is 5.29. The largest absolute Gasteiger partial charge is 0.354 e. The number of nitrogens with zero attached hydrogens (tertiary/aromatic N) is 6. The molecule has 196 valence electrons. The Bertz CT molecular complexity index is 1520. The van der Waals surface area contributed by atoms with Crippen LogP contribution in [0.4, 0.5) is 10.2 Å². The summed E-state index contributed by atoms with van der Waals surface area (Å²) in [4.78, 5) is 31.5. The van der Waals surface area contributed by atoms with E-state index in [1.54, 1.807) is 24.7 Å². The summed E-state index contributed by atoms with van der Waals surface area (Å²) in [5.41, 5.74) is 3.35. The smallest absolute Gasteiger partial charge is 0.193 e. The van der Waals surface area contributed by atoms with Gasteiger partial charge in [0.25, 0.3) is 0 Å². The molecule has 3 aromatic heterocycles. The van der Waals surface area contributed by atoms with Crippen molar-refractivity contribution in [2.75, 3.05) is 18.0 Å². The van der Waals surface area contributed by atoms with Crippen molar-refractivity contribution in [3.05, 3.63) is 93.1 Å². The lowest BCUT2D eigenvalue weighted by atomic mass is 10.0. The highest BCUT2D eigenvalue weighted by Gasteiger charge is 2.29. The van der Waals surface area contributed by atoms with E-state index >= 15 is 0 Å². The Morgan fingerprint density at radius 2 is 1.97 bits per heavy atom. The zero-order valence-electron chi connectivity index (χ0n) is 21.4. The van der Waals surface area contributed by atoms with Crippen LogP contribution in [-0.4, -0.2) is 43.6 Å². The van der Waals surface area contributed by atoms with E-state index in [1.165, 1.54) is 6.07 Å². The Morgan fingerprint density at radius 1 is 1.11 bits per heavy atom. The lowest BCUT2D eigenvalue weighted by Crippen LogP contribution is -2.48. The van der Waals surface area contributed by atoms with E-state index in [4.69, 9.17) is 11.6 Å². The number of pyridine rings is 2. The minimum absolute atomic E-state index is 0.0417. The van der Waals surface area contributed by atoms with Gasteiger partial charge < -0.3 is 9.47 Å². The second kappa shape index (κ2) is 10.4. The number of anilines is 1. The van der Waals surface area contributed by atoms with E-state index in [-0.39, 0.29) is 16.5 Å². The molecular formula is C29H30ClFN6O. The van der Waals surface area contributed by atoms with Crippen LogP contribution >= 0.6 is 11.6 Å². The molecule has 4 aromatic rings. The highest BCUT2D eigenvalue weighted by Crippen LogP contribution is 2.38. The molecule has 6 rings (SSSR count). The fraction of sp³-hybridized carbons (Fsp3) is 0.379. The molecular weight excluding hydrogens is 503 g/mol. The van der Waals surface area contributed by atoms with Gasteiger partial charge in [0.2, 0.25) is 0 Å². The zero-order chi connectivity index (χ0) is 26.2. The third-order valence-electron chi connectivity index (χ3n) is 7.59. The van der Waals surface area contributed by atoms with Crippen molar-refractivity contribution in [2.24, 2.45) is 0 Å². The van der Waals surface area contributed by atoms with Crippen LogP contribution in [0.25, 0.3) is 10.9 Å². The molecule has 1 saturated carbocycles. The predicted molar refractivity (Wildman–Crippen MR) is 147 cm³/mol. The number of aryl methyl sites for hydroxylation is 1. The Hall–Kier alpha value is -3.36. The molecule has 38 heavy (non-hydrogen) atoms. The van der Waals surface area contributed by atoms with E-state index in [1.807, 2.05) is 25.4 Å². The van der Waals surface area contributed by atoms with Crippen LogP contribution in [0, 0.1) is 12.7 Å². The fourth-order valence-corrected chi connectivity index (χ4v) is 5.71. The minimum Gasteiger partial charge on any atom is -0.354 e. The van der Waals surface area contributed by atoms with Gasteiger partial charge in [0.1, 0.15) is 11.6 Å². The second-order valence-electron chi connectivity index (χ2n) is 10.4. The molecule has 0 unspecified atom stereocenters. The van der Waals surface area contributed by atoms with Crippen LogP contribution in [0.1, 0.15) is 48.5 Å². The number of halogens is 2. The summed E-state index contributed by atoms with van der Waals surface area (Å²) >= 11 is 6.11. The van der Waals surface area contributed by atoms with E-state index in [9.17, 15) is 9.18 Å². The first kappa shape index (κ1) is 24.9. The van der Waals surface area contributed by atoms with E-state index in [2.05, 4.69) is 35.4 Å². The molecule has 0 bridgehead atoms. The number of rotatable bonds is 7. The summed E-state index contributed by atoms with van der Waals surface area (Å²) in [6.07, 6.45) is 13.1. The maximum atomic E-state index is 14.5. The summed E-state index contributed by atoms with van der Waals surface area (Å²) in [5, 5.41) is 0.431. The second-order valence-corrected chi connectivity index (χ2v) is 10.8. The molecule has 1 saturated heterocycles. The molecule has 7 nitrogen and oxygen atoms in total. The van der Waals surface area contributed by atoms with Crippen molar-refractivity contribution in [1.82, 2.24) is 24.4 Å². The maximum Gasteiger partial charge on any atom is 0.193 e. The van der Waals surface area contributed by atoms with Gasteiger partial charge in [0.15, 0.2) is 5.43 Å². The SMILES string of the molecule is Cc1cc(CN(Cc2cn(C3CC3)c3cc(Cl)c(F)cc3c2=O)[C@H]2CCCN(c3cnccn3)C2)ccn1. The minimum atomic E-state index is -0.563. The molecule has 2 fully saturated rings. The summed E-state index contributed by atoms with van der Waals surface area (Å²) in [5.74, 6) is 0.304. The lowest BCUT2D eigenvalue weighted by Gasteiger charge is -2.40. The van der Waals surface area contributed by atoms with Gasteiger partial charge in [0.05, 0.1) is 16.7 Å². The van der Waals surface area contributed by atoms with E-state index in [0.717, 1.165) is 55.8 Å². The number of piperidine rings is 1. The molecule has 0 N–H and O–H groups in total. The van der Waals surface area contributed by atoms with Crippen LogP contribution < -0.4 is 10.3 Å². The molecule has 0 amide bonds. The summed E-state index contributed by atoms with van der Waals surface area (Å²) in [6.45, 7) is 4.84. The average Bonchev–Trinajstić information content (AvgIpc) is 3.77. The number of aromatic nitrogens is 4. The topological polar surface area (TPSA) is 67.2 Å². The molecule has 1 aliphatic carbocycles. The standard InChI is InChI=1S/C29H30ClFN6O/c1-19-11-20(6-7-33-19)15-36(23-3-2-10-35(18-23)28-14-32-8-9-34-28)16-21-17-37(22-4-5-22)27-13-25(30)26(31)12-24(27)29(21)38/h6-9,11-14,17,22-23H,2-5,10,15-16,18H2,1H3/t23-/m0/s1. The monoisotopic (exact) mass is 532 g/mol. The summed E-state index contributed by atoms with van der Waals surface area (Å²) in [6, 6.07) is 7.53. The van der Waals surface area contributed by atoms with E-state index in [0.29, 0.717) is 35.6 Å². The number of benzene rings is 1. The highest BCUT2D eigenvalue weighted by atomic mass is 35.5. The third kappa shape index (κ3) is 5.15. The Balaban J connectivity index is 1.38.